The molecule has 1 aliphatic rings. The zero-order valence-corrected chi connectivity index (χ0v) is 15.2. The maximum atomic E-state index is 13.1. The zero-order chi connectivity index (χ0) is 18.6. The quantitative estimate of drug-likeness (QED) is 0.715. The van der Waals surface area contributed by atoms with Gasteiger partial charge >= 0.3 is 0 Å². The Kier molecular flexibility index (Phi) is 4.89. The number of aromatic nitrogens is 2. The molecular formula is C21H21N3O3. The van der Waals surface area contributed by atoms with Gasteiger partial charge in [0.1, 0.15) is 11.4 Å². The van der Waals surface area contributed by atoms with Crippen LogP contribution in [0.4, 0.5) is 0 Å². The molecule has 1 fully saturated rings. The van der Waals surface area contributed by atoms with Crippen molar-refractivity contribution in [3.63, 3.8) is 0 Å². The van der Waals surface area contributed by atoms with Gasteiger partial charge in [-0.2, -0.15) is 5.10 Å². The van der Waals surface area contributed by atoms with E-state index in [2.05, 4.69) is 0 Å². The Hall–Kier alpha value is -3.12. The minimum atomic E-state index is -0.0381. The number of amides is 1. The first kappa shape index (κ1) is 17.3. The van der Waals surface area contributed by atoms with Crippen LogP contribution in [0.15, 0.2) is 60.7 Å². The van der Waals surface area contributed by atoms with E-state index in [0.29, 0.717) is 32.0 Å². The summed E-state index contributed by atoms with van der Waals surface area (Å²) in [5, 5.41) is 4.72. The van der Waals surface area contributed by atoms with Crippen LogP contribution >= 0.6 is 0 Å². The summed E-state index contributed by atoms with van der Waals surface area (Å²) >= 11 is 0. The van der Waals surface area contributed by atoms with Crippen LogP contribution in [-0.2, 0) is 4.74 Å². The SMILES string of the molecule is COc1ccc(-n2nc(-c3ccccc3)cc2C(=O)N2CCOCC2)cc1. The van der Waals surface area contributed by atoms with Crippen molar-refractivity contribution < 1.29 is 14.3 Å². The number of nitrogens with zero attached hydrogens (tertiary/aromatic N) is 3. The van der Waals surface area contributed by atoms with Crippen LogP contribution in [0.2, 0.25) is 0 Å². The Morgan fingerprint density at radius 2 is 1.74 bits per heavy atom. The number of hydrogen-bond donors (Lipinski definition) is 0. The highest BCUT2D eigenvalue weighted by Crippen LogP contribution is 2.24. The van der Waals surface area contributed by atoms with E-state index in [-0.39, 0.29) is 5.91 Å². The van der Waals surface area contributed by atoms with E-state index < -0.39 is 0 Å². The van der Waals surface area contributed by atoms with Gasteiger partial charge in [-0.15, -0.1) is 0 Å². The lowest BCUT2D eigenvalue weighted by molar-refractivity contribution is 0.0297. The van der Waals surface area contributed by atoms with Gasteiger partial charge < -0.3 is 14.4 Å². The second-order valence-corrected chi connectivity index (χ2v) is 6.30. The predicted molar refractivity (Wildman–Crippen MR) is 102 cm³/mol. The van der Waals surface area contributed by atoms with Gasteiger partial charge in [-0.25, -0.2) is 4.68 Å². The first-order valence-corrected chi connectivity index (χ1v) is 8.93. The minimum Gasteiger partial charge on any atom is -0.497 e. The van der Waals surface area contributed by atoms with E-state index in [1.807, 2.05) is 65.6 Å². The van der Waals surface area contributed by atoms with Gasteiger partial charge in [0.25, 0.3) is 5.91 Å². The average Bonchev–Trinajstić information content (AvgIpc) is 3.20. The monoisotopic (exact) mass is 363 g/mol. The van der Waals surface area contributed by atoms with Crippen LogP contribution in [0.25, 0.3) is 16.9 Å². The second-order valence-electron chi connectivity index (χ2n) is 6.30. The molecule has 0 unspecified atom stereocenters. The summed E-state index contributed by atoms with van der Waals surface area (Å²) in [7, 11) is 1.63. The normalized spacial score (nSPS) is 14.2. The largest absolute Gasteiger partial charge is 0.497 e. The molecule has 4 rings (SSSR count). The van der Waals surface area contributed by atoms with Crippen molar-refractivity contribution in [2.45, 2.75) is 0 Å². The number of rotatable bonds is 4. The number of benzene rings is 2. The molecule has 1 aromatic heterocycles. The van der Waals surface area contributed by atoms with E-state index >= 15 is 0 Å². The number of morpholine rings is 1. The topological polar surface area (TPSA) is 56.6 Å². The Bertz CT molecular complexity index is 914. The lowest BCUT2D eigenvalue weighted by Gasteiger charge is -2.26. The van der Waals surface area contributed by atoms with Crippen molar-refractivity contribution in [2.24, 2.45) is 0 Å². The molecule has 0 spiro atoms. The van der Waals surface area contributed by atoms with Crippen LogP contribution in [0.1, 0.15) is 10.5 Å². The van der Waals surface area contributed by atoms with Crippen molar-refractivity contribution in [3.05, 3.63) is 66.4 Å². The van der Waals surface area contributed by atoms with Crippen LogP contribution in [0, 0.1) is 0 Å². The van der Waals surface area contributed by atoms with Crippen molar-refractivity contribution in [2.75, 3.05) is 33.4 Å². The van der Waals surface area contributed by atoms with Crippen molar-refractivity contribution in [1.29, 1.82) is 0 Å². The van der Waals surface area contributed by atoms with Gasteiger partial charge in [0.2, 0.25) is 0 Å². The summed E-state index contributed by atoms with van der Waals surface area (Å²) in [5.41, 5.74) is 3.10. The molecule has 6 heteroatoms. The average molecular weight is 363 g/mol. The van der Waals surface area contributed by atoms with E-state index in [1.165, 1.54) is 0 Å². The van der Waals surface area contributed by atoms with Crippen molar-refractivity contribution >= 4 is 5.91 Å². The molecule has 0 saturated carbocycles. The third-order valence-electron chi connectivity index (χ3n) is 4.61. The molecule has 1 amide bonds. The van der Waals surface area contributed by atoms with Crippen molar-refractivity contribution in [3.8, 4) is 22.7 Å². The van der Waals surface area contributed by atoms with Crippen molar-refractivity contribution in [1.82, 2.24) is 14.7 Å². The Morgan fingerprint density at radius 3 is 2.41 bits per heavy atom. The molecule has 3 aromatic rings. The number of carbonyl (C=O) groups excluding carboxylic acids is 1. The highest BCUT2D eigenvalue weighted by molar-refractivity contribution is 5.94. The molecule has 2 aromatic carbocycles. The van der Waals surface area contributed by atoms with Gasteiger partial charge in [-0.05, 0) is 30.3 Å². The molecule has 0 aliphatic carbocycles. The maximum Gasteiger partial charge on any atom is 0.272 e. The maximum absolute atomic E-state index is 13.1. The first-order valence-electron chi connectivity index (χ1n) is 8.93. The zero-order valence-electron chi connectivity index (χ0n) is 15.2. The summed E-state index contributed by atoms with van der Waals surface area (Å²) < 4.78 is 12.3. The van der Waals surface area contributed by atoms with Gasteiger partial charge in [0.15, 0.2) is 0 Å². The third kappa shape index (κ3) is 3.57. The highest BCUT2D eigenvalue weighted by atomic mass is 16.5. The second kappa shape index (κ2) is 7.63. The van der Waals surface area contributed by atoms with E-state index in [4.69, 9.17) is 14.6 Å². The molecule has 6 nitrogen and oxygen atoms in total. The van der Waals surface area contributed by atoms with Gasteiger partial charge in [0.05, 0.1) is 31.7 Å². The standard InChI is InChI=1S/C21H21N3O3/c1-26-18-9-7-17(8-10-18)24-20(21(25)23-11-13-27-14-12-23)15-19(22-24)16-5-3-2-4-6-16/h2-10,15H,11-14H2,1H3. The van der Waals surface area contributed by atoms with Crippen LogP contribution in [0.3, 0.4) is 0 Å². The van der Waals surface area contributed by atoms with Crippen LogP contribution in [0.5, 0.6) is 5.75 Å². The summed E-state index contributed by atoms with van der Waals surface area (Å²) in [4.78, 5) is 15.0. The Balaban J connectivity index is 1.77. The summed E-state index contributed by atoms with van der Waals surface area (Å²) in [6.07, 6.45) is 0. The fourth-order valence-corrected chi connectivity index (χ4v) is 3.13. The van der Waals surface area contributed by atoms with E-state index in [1.54, 1.807) is 11.8 Å². The van der Waals surface area contributed by atoms with Crippen LogP contribution in [-0.4, -0.2) is 54.0 Å². The van der Waals surface area contributed by atoms with E-state index in [0.717, 1.165) is 22.7 Å². The minimum absolute atomic E-state index is 0.0381. The Labute approximate surface area is 157 Å². The summed E-state index contributed by atoms with van der Waals surface area (Å²) in [5.74, 6) is 0.721. The number of methoxy groups -OCH3 is 1. The number of ether oxygens (including phenoxy) is 2. The molecule has 1 aliphatic heterocycles. The lowest BCUT2D eigenvalue weighted by atomic mass is 10.1. The molecule has 1 saturated heterocycles. The fraction of sp³-hybridized carbons (Fsp3) is 0.238. The molecule has 0 radical (unpaired) electrons. The predicted octanol–water partition coefficient (Wildman–Crippen LogP) is 3.02. The molecule has 0 bridgehead atoms. The summed E-state index contributed by atoms with van der Waals surface area (Å²) in [6.45, 7) is 2.31. The van der Waals surface area contributed by atoms with Crippen LogP contribution < -0.4 is 4.74 Å². The molecule has 0 atom stereocenters. The highest BCUT2D eigenvalue weighted by Gasteiger charge is 2.24. The lowest BCUT2D eigenvalue weighted by Crippen LogP contribution is -2.41. The van der Waals surface area contributed by atoms with E-state index in [9.17, 15) is 4.79 Å². The van der Waals surface area contributed by atoms with Gasteiger partial charge in [0, 0.05) is 18.7 Å². The van der Waals surface area contributed by atoms with Gasteiger partial charge in [-0.1, -0.05) is 30.3 Å². The molecule has 0 N–H and O–H groups in total. The number of carbonyl (C=O) groups is 1. The smallest absolute Gasteiger partial charge is 0.272 e. The fourth-order valence-electron chi connectivity index (χ4n) is 3.13. The Morgan fingerprint density at radius 1 is 1.04 bits per heavy atom. The molecule has 2 heterocycles. The molecular weight excluding hydrogens is 342 g/mol. The third-order valence-corrected chi connectivity index (χ3v) is 4.61. The number of hydrogen-bond acceptors (Lipinski definition) is 4. The molecule has 138 valence electrons. The summed E-state index contributed by atoms with van der Waals surface area (Å²) in [6, 6.07) is 19.3. The first-order chi connectivity index (χ1) is 13.3. The van der Waals surface area contributed by atoms with Gasteiger partial charge in [-0.3, -0.25) is 4.79 Å². The molecule has 27 heavy (non-hydrogen) atoms.